The molecule has 0 heterocycles. The van der Waals surface area contributed by atoms with Crippen LogP contribution < -0.4 is 5.32 Å². The van der Waals surface area contributed by atoms with E-state index in [9.17, 15) is 4.79 Å². The SMILES string of the molecule is CCN(CC(=O)NCCc1ccc(CO)cc1)C1CC1. The van der Waals surface area contributed by atoms with Gasteiger partial charge in [0.05, 0.1) is 13.2 Å². The molecule has 1 fully saturated rings. The second kappa shape index (κ2) is 7.41. The zero-order valence-electron chi connectivity index (χ0n) is 12.1. The molecule has 0 unspecified atom stereocenters. The Kier molecular flexibility index (Phi) is 5.56. The van der Waals surface area contributed by atoms with E-state index in [2.05, 4.69) is 17.1 Å². The molecule has 0 atom stereocenters. The lowest BCUT2D eigenvalue weighted by Gasteiger charge is -2.18. The first-order chi connectivity index (χ1) is 9.72. The summed E-state index contributed by atoms with van der Waals surface area (Å²) in [5.41, 5.74) is 2.10. The van der Waals surface area contributed by atoms with Crippen molar-refractivity contribution in [2.75, 3.05) is 19.6 Å². The van der Waals surface area contributed by atoms with Gasteiger partial charge in [0, 0.05) is 12.6 Å². The standard InChI is InChI=1S/C16H24N2O2/c1-2-18(15-7-8-15)11-16(20)17-10-9-13-3-5-14(12-19)6-4-13/h3-6,15,19H,2,7-12H2,1H3,(H,17,20). The molecular formula is C16H24N2O2. The summed E-state index contributed by atoms with van der Waals surface area (Å²) < 4.78 is 0. The fourth-order valence-corrected chi connectivity index (χ4v) is 2.34. The molecule has 2 rings (SSSR count). The summed E-state index contributed by atoms with van der Waals surface area (Å²) in [4.78, 5) is 14.1. The maximum Gasteiger partial charge on any atom is 0.234 e. The van der Waals surface area contributed by atoms with Gasteiger partial charge in [0.25, 0.3) is 0 Å². The van der Waals surface area contributed by atoms with Crippen molar-refractivity contribution in [1.29, 1.82) is 0 Å². The number of hydrogen-bond donors (Lipinski definition) is 2. The Balaban J connectivity index is 1.67. The van der Waals surface area contributed by atoms with E-state index in [1.807, 2.05) is 24.3 Å². The van der Waals surface area contributed by atoms with E-state index in [4.69, 9.17) is 5.11 Å². The van der Waals surface area contributed by atoms with Crippen LogP contribution in [-0.2, 0) is 17.8 Å². The summed E-state index contributed by atoms with van der Waals surface area (Å²) >= 11 is 0. The molecule has 0 radical (unpaired) electrons. The zero-order chi connectivity index (χ0) is 14.4. The summed E-state index contributed by atoms with van der Waals surface area (Å²) in [6, 6.07) is 8.48. The van der Waals surface area contributed by atoms with Gasteiger partial charge in [-0.3, -0.25) is 9.69 Å². The number of aliphatic hydroxyl groups excluding tert-OH is 1. The van der Waals surface area contributed by atoms with Crippen LogP contribution in [0, 0.1) is 0 Å². The lowest BCUT2D eigenvalue weighted by molar-refractivity contribution is -0.122. The fourth-order valence-electron chi connectivity index (χ4n) is 2.34. The molecule has 1 aliphatic rings. The van der Waals surface area contributed by atoms with Crippen molar-refractivity contribution in [2.24, 2.45) is 0 Å². The molecule has 0 aliphatic heterocycles. The highest BCUT2D eigenvalue weighted by molar-refractivity contribution is 5.78. The molecule has 0 bridgehead atoms. The average molecular weight is 276 g/mol. The topological polar surface area (TPSA) is 52.6 Å². The lowest BCUT2D eigenvalue weighted by Crippen LogP contribution is -2.39. The number of likely N-dealkylation sites (N-methyl/N-ethyl adjacent to an activating group) is 1. The Morgan fingerprint density at radius 1 is 1.30 bits per heavy atom. The van der Waals surface area contributed by atoms with Gasteiger partial charge in [-0.1, -0.05) is 31.2 Å². The van der Waals surface area contributed by atoms with Gasteiger partial charge < -0.3 is 10.4 Å². The third kappa shape index (κ3) is 4.62. The molecule has 4 nitrogen and oxygen atoms in total. The molecule has 110 valence electrons. The van der Waals surface area contributed by atoms with Gasteiger partial charge in [0.2, 0.25) is 5.91 Å². The van der Waals surface area contributed by atoms with Gasteiger partial charge in [-0.05, 0) is 36.9 Å². The number of carbonyl (C=O) groups is 1. The van der Waals surface area contributed by atoms with Crippen molar-refractivity contribution in [3.05, 3.63) is 35.4 Å². The second-order valence-electron chi connectivity index (χ2n) is 5.37. The molecule has 0 aromatic heterocycles. The van der Waals surface area contributed by atoms with Crippen molar-refractivity contribution >= 4 is 5.91 Å². The van der Waals surface area contributed by atoms with E-state index in [-0.39, 0.29) is 12.5 Å². The summed E-state index contributed by atoms with van der Waals surface area (Å²) in [5, 5.41) is 12.0. The molecule has 1 amide bonds. The Hall–Kier alpha value is -1.39. The van der Waals surface area contributed by atoms with E-state index in [0.717, 1.165) is 18.5 Å². The number of carbonyl (C=O) groups excluding carboxylic acids is 1. The van der Waals surface area contributed by atoms with Crippen molar-refractivity contribution in [2.45, 2.75) is 38.8 Å². The minimum atomic E-state index is 0.0744. The molecular weight excluding hydrogens is 252 g/mol. The average Bonchev–Trinajstić information content (AvgIpc) is 3.30. The highest BCUT2D eigenvalue weighted by atomic mass is 16.3. The fraction of sp³-hybridized carbons (Fsp3) is 0.562. The number of hydrogen-bond acceptors (Lipinski definition) is 3. The van der Waals surface area contributed by atoms with E-state index in [1.54, 1.807) is 0 Å². The van der Waals surface area contributed by atoms with Crippen LogP contribution in [0.3, 0.4) is 0 Å². The van der Waals surface area contributed by atoms with Crippen molar-refractivity contribution in [3.63, 3.8) is 0 Å². The molecule has 2 N–H and O–H groups in total. The normalized spacial score (nSPS) is 14.6. The van der Waals surface area contributed by atoms with E-state index >= 15 is 0 Å². The van der Waals surface area contributed by atoms with Crippen LogP contribution in [0.5, 0.6) is 0 Å². The number of aliphatic hydroxyl groups is 1. The number of benzene rings is 1. The first kappa shape index (κ1) is 15.0. The molecule has 1 aromatic carbocycles. The first-order valence-corrected chi connectivity index (χ1v) is 7.42. The highest BCUT2D eigenvalue weighted by Gasteiger charge is 2.28. The van der Waals surface area contributed by atoms with Crippen LogP contribution in [0.15, 0.2) is 24.3 Å². The van der Waals surface area contributed by atoms with Gasteiger partial charge >= 0.3 is 0 Å². The summed E-state index contributed by atoms with van der Waals surface area (Å²) in [6.07, 6.45) is 3.30. The molecule has 1 aliphatic carbocycles. The molecule has 0 spiro atoms. The molecule has 1 saturated carbocycles. The number of nitrogens with one attached hydrogen (secondary N) is 1. The van der Waals surface area contributed by atoms with Crippen LogP contribution in [0.1, 0.15) is 30.9 Å². The third-order valence-corrected chi connectivity index (χ3v) is 3.76. The first-order valence-electron chi connectivity index (χ1n) is 7.42. The summed E-state index contributed by atoms with van der Waals surface area (Å²) in [7, 11) is 0. The maximum atomic E-state index is 11.8. The Morgan fingerprint density at radius 3 is 2.50 bits per heavy atom. The lowest BCUT2D eigenvalue weighted by atomic mass is 10.1. The largest absolute Gasteiger partial charge is 0.392 e. The smallest absolute Gasteiger partial charge is 0.234 e. The third-order valence-electron chi connectivity index (χ3n) is 3.76. The van der Waals surface area contributed by atoms with E-state index < -0.39 is 0 Å². The Morgan fingerprint density at radius 2 is 1.95 bits per heavy atom. The monoisotopic (exact) mass is 276 g/mol. The van der Waals surface area contributed by atoms with Crippen molar-refractivity contribution in [3.8, 4) is 0 Å². The van der Waals surface area contributed by atoms with Crippen LogP contribution in [0.4, 0.5) is 0 Å². The van der Waals surface area contributed by atoms with Gasteiger partial charge in [-0.2, -0.15) is 0 Å². The summed E-state index contributed by atoms with van der Waals surface area (Å²) in [5.74, 6) is 0.116. The van der Waals surface area contributed by atoms with Crippen molar-refractivity contribution in [1.82, 2.24) is 10.2 Å². The van der Waals surface area contributed by atoms with Crippen LogP contribution in [0.2, 0.25) is 0 Å². The Bertz CT molecular complexity index is 427. The molecule has 1 aromatic rings. The Labute approximate surface area is 120 Å². The van der Waals surface area contributed by atoms with Crippen LogP contribution in [0.25, 0.3) is 0 Å². The van der Waals surface area contributed by atoms with Gasteiger partial charge in [0.1, 0.15) is 0 Å². The number of nitrogens with zero attached hydrogens (tertiary/aromatic N) is 1. The van der Waals surface area contributed by atoms with E-state index in [1.165, 1.54) is 18.4 Å². The minimum absolute atomic E-state index is 0.0744. The molecule has 4 heteroatoms. The van der Waals surface area contributed by atoms with Gasteiger partial charge in [-0.15, -0.1) is 0 Å². The minimum Gasteiger partial charge on any atom is -0.392 e. The van der Waals surface area contributed by atoms with Crippen molar-refractivity contribution < 1.29 is 9.90 Å². The predicted molar refractivity (Wildman–Crippen MR) is 79.3 cm³/mol. The summed E-state index contributed by atoms with van der Waals surface area (Å²) in [6.45, 7) is 4.31. The highest BCUT2D eigenvalue weighted by Crippen LogP contribution is 2.25. The quantitative estimate of drug-likeness (QED) is 0.753. The van der Waals surface area contributed by atoms with Crippen LogP contribution in [-0.4, -0.2) is 41.6 Å². The van der Waals surface area contributed by atoms with E-state index in [0.29, 0.717) is 19.1 Å². The van der Waals surface area contributed by atoms with Gasteiger partial charge in [0.15, 0.2) is 0 Å². The number of rotatable bonds is 8. The second-order valence-corrected chi connectivity index (χ2v) is 5.37. The molecule has 0 saturated heterocycles. The van der Waals surface area contributed by atoms with Crippen LogP contribution >= 0.6 is 0 Å². The van der Waals surface area contributed by atoms with Gasteiger partial charge in [-0.25, -0.2) is 0 Å². The maximum absolute atomic E-state index is 11.8. The zero-order valence-corrected chi connectivity index (χ0v) is 12.1. The number of amides is 1. The molecule has 20 heavy (non-hydrogen) atoms. The predicted octanol–water partition coefficient (Wildman–Crippen LogP) is 1.32.